The van der Waals surface area contributed by atoms with E-state index in [9.17, 15) is 0 Å². The minimum absolute atomic E-state index is 0.130. The Bertz CT molecular complexity index is 1180. The van der Waals surface area contributed by atoms with Crippen molar-refractivity contribution in [3.05, 3.63) is 6.04 Å². The zero-order valence-corrected chi connectivity index (χ0v) is 35.2. The van der Waals surface area contributed by atoms with Crippen LogP contribution in [0, 0.1) is 52.3 Å². The Morgan fingerprint density at radius 3 is 1.40 bits per heavy atom. The third-order valence-electron chi connectivity index (χ3n) is 6.29. The van der Waals surface area contributed by atoms with Gasteiger partial charge in [-0.2, -0.15) is 0 Å². The summed E-state index contributed by atoms with van der Waals surface area (Å²) in [6, 6.07) is 2.33. The Kier molecular flexibility index (Phi) is 17.3. The highest BCUT2D eigenvalue weighted by Gasteiger charge is 2.50. The van der Waals surface area contributed by atoms with Gasteiger partial charge < -0.3 is 12.3 Å². The first-order valence-corrected chi connectivity index (χ1v) is 32.8. The van der Waals surface area contributed by atoms with Gasteiger partial charge in [-0.25, -0.2) is 0 Å². The molecule has 0 spiro atoms. The summed E-state index contributed by atoms with van der Waals surface area (Å²) in [5.74, 6) is 14.6. The lowest BCUT2D eigenvalue weighted by Gasteiger charge is -2.47. The molecule has 12 radical (unpaired) electrons. The summed E-state index contributed by atoms with van der Waals surface area (Å²) < 4.78 is 20.1. The lowest BCUT2D eigenvalue weighted by atomic mass is 8.60. The summed E-state index contributed by atoms with van der Waals surface area (Å²) in [4.78, 5) is 0. The van der Waals surface area contributed by atoms with Gasteiger partial charge in [0, 0.05) is 71.4 Å². The Balaban J connectivity index is 6.40. The molecule has 3 nitrogen and oxygen atoms in total. The van der Waals surface area contributed by atoms with Crippen LogP contribution in [0.1, 0.15) is 6.92 Å². The van der Waals surface area contributed by atoms with Gasteiger partial charge in [-0.15, -0.1) is 0 Å². The first-order valence-electron chi connectivity index (χ1n) is 14.7. The molecular weight excluding hydrogens is 613 g/mol. The van der Waals surface area contributed by atoms with Crippen molar-refractivity contribution in [1.82, 2.24) is 0 Å². The normalized spacial score (nSPS) is 12.9. The van der Waals surface area contributed by atoms with Crippen molar-refractivity contribution < 1.29 is 12.3 Å². The average Bonchev–Trinajstić information content (AvgIpc) is 2.75. The summed E-state index contributed by atoms with van der Waals surface area (Å²) in [6.45, 7) is 29.2. The molecule has 212 valence electrons. The highest BCUT2D eigenvalue weighted by atomic mass is 28.4. The second kappa shape index (κ2) is 17.3. The van der Waals surface area contributed by atoms with Gasteiger partial charge in [0.25, 0.3) is 25.0 Å². The van der Waals surface area contributed by atoms with E-state index in [0.717, 1.165) is 0 Å². The van der Waals surface area contributed by atoms with Gasteiger partial charge in [0.05, 0.1) is 0 Å². The van der Waals surface area contributed by atoms with E-state index in [1.54, 1.807) is 6.92 Å². The molecule has 0 saturated heterocycles. The first-order chi connectivity index (χ1) is 19.2. The highest BCUT2D eigenvalue weighted by Crippen LogP contribution is 2.37. The molecule has 0 rings (SSSR count). The van der Waals surface area contributed by atoms with E-state index < -0.39 is 69.1 Å². The number of rotatable bonds is 14. The van der Waals surface area contributed by atoms with Crippen molar-refractivity contribution in [3.8, 4) is 46.2 Å². The highest BCUT2D eigenvalue weighted by molar-refractivity contribution is 7.96. The van der Waals surface area contributed by atoms with Crippen molar-refractivity contribution in [2.75, 3.05) is 0 Å². The fraction of sp³-hybridized carbons (Fsp3) is 0.625. The Morgan fingerprint density at radius 2 is 1.05 bits per heavy atom. The minimum atomic E-state index is -2.61. The van der Waals surface area contributed by atoms with E-state index in [2.05, 4.69) is 137 Å². The topological polar surface area (TPSA) is 27.7 Å². The van der Waals surface area contributed by atoms with Gasteiger partial charge in [-0.05, 0) is 122 Å². The van der Waals surface area contributed by atoms with Crippen LogP contribution in [-0.2, 0) is 12.3 Å². The van der Waals surface area contributed by atoms with Crippen molar-refractivity contribution >= 4 is 121 Å². The molecule has 0 aromatic carbocycles. The summed E-state index contributed by atoms with van der Waals surface area (Å²) in [6.07, 6.45) is -1.84. The fourth-order valence-electron chi connectivity index (χ4n) is 5.33. The van der Waals surface area contributed by atoms with Gasteiger partial charge in [0.1, 0.15) is 0 Å². The van der Waals surface area contributed by atoms with E-state index >= 15 is 0 Å². The monoisotopic (exact) mass is 658 g/mol. The summed E-state index contributed by atoms with van der Waals surface area (Å²) in [5, 5.41) is 0. The molecule has 0 N–H and O–H groups in total. The van der Waals surface area contributed by atoms with Crippen LogP contribution in [0.4, 0.5) is 0 Å². The summed E-state index contributed by atoms with van der Waals surface area (Å²) in [7, 11) is 19.1. The number of hydrogen-bond acceptors (Lipinski definition) is 3. The third kappa shape index (κ3) is 17.5. The van der Waals surface area contributed by atoms with Gasteiger partial charge in [0.2, 0.25) is 0 Å². The minimum Gasteiger partial charge on any atom is -0.456 e. The molecule has 0 aromatic rings. The van der Waals surface area contributed by atoms with E-state index in [4.69, 9.17) is 51.0 Å². The van der Waals surface area contributed by atoms with Crippen LogP contribution >= 0.6 is 0 Å². The smallest absolute Gasteiger partial charge is 0.257 e. The van der Waals surface area contributed by atoms with Crippen molar-refractivity contribution in [3.63, 3.8) is 0 Å². The predicted molar refractivity (Wildman–Crippen MR) is 216 cm³/mol. The van der Waals surface area contributed by atoms with Gasteiger partial charge in [-0.3, -0.25) is 0 Å². The lowest BCUT2D eigenvalue weighted by Crippen LogP contribution is -2.69. The van der Waals surface area contributed by atoms with E-state index in [-0.39, 0.29) is 11.9 Å². The molecule has 19 heteroatoms. The second-order valence-corrected chi connectivity index (χ2v) is 38.4. The molecule has 1 atom stereocenters. The summed E-state index contributed by atoms with van der Waals surface area (Å²) >= 11 is 0. The molecule has 0 aliphatic rings. The molecular formula is C24H44B10O3Si6. The van der Waals surface area contributed by atoms with E-state index in [0.29, 0.717) is 0 Å². The molecule has 0 bridgehead atoms. The SMILES string of the molecule is [B][B]B(B([B])[B])B(B([B])[B])C([CH][Si](C)(C)O[Si](C)(C)C)[Si](C)(C)O[Si](C)(C)C#CC#C[Si](C)(C)O[Si](C)(C)C#CC#CC. The third-order valence-corrected chi connectivity index (χ3v) is 24.9. The van der Waals surface area contributed by atoms with Crippen molar-refractivity contribution in [1.29, 1.82) is 0 Å². The van der Waals surface area contributed by atoms with Gasteiger partial charge >= 0.3 is 0 Å². The number of hydrogen-bond donors (Lipinski definition) is 0. The quantitative estimate of drug-likeness (QED) is 0.212. The second-order valence-electron chi connectivity index (χ2n) is 14.5. The van der Waals surface area contributed by atoms with Crippen LogP contribution in [0.3, 0.4) is 0 Å². The standard InChI is InChI=1S/C24H44B10O3Si6/c1-15-16-17-20-39(5,6)36-40(7,8)21-18-19-22-41(9,10)37-43(13,14)24(23-42(11,12)35-38(2,3)4)31(32(26)27)34(30-25)33(28)29/h23-24H,1-14H3. The van der Waals surface area contributed by atoms with Crippen LogP contribution < -0.4 is 0 Å². The Hall–Kier alpha value is 0.0706. The van der Waals surface area contributed by atoms with Crippen molar-refractivity contribution in [2.45, 2.75) is 97.5 Å². The van der Waals surface area contributed by atoms with Crippen molar-refractivity contribution in [2.24, 2.45) is 0 Å². The van der Waals surface area contributed by atoms with Gasteiger partial charge in [0.15, 0.2) is 25.0 Å². The lowest BCUT2D eigenvalue weighted by molar-refractivity contribution is 0.542. The maximum atomic E-state index is 7.03. The molecule has 43 heavy (non-hydrogen) atoms. The molecule has 0 saturated carbocycles. The average molecular weight is 657 g/mol. The maximum Gasteiger partial charge on any atom is 0.257 e. The Morgan fingerprint density at radius 1 is 0.628 bits per heavy atom. The molecule has 0 aromatic heterocycles. The molecule has 0 fully saturated rings. The van der Waals surface area contributed by atoms with Gasteiger partial charge in [-0.1, -0.05) is 28.0 Å². The van der Waals surface area contributed by atoms with Crippen LogP contribution in [0.15, 0.2) is 0 Å². The summed E-state index contributed by atoms with van der Waals surface area (Å²) in [5.41, 5.74) is 9.73. The fourth-order valence-corrected chi connectivity index (χ4v) is 29.8. The Labute approximate surface area is 281 Å². The largest absolute Gasteiger partial charge is 0.456 e. The zero-order chi connectivity index (χ0) is 34.1. The zero-order valence-electron chi connectivity index (χ0n) is 29.2. The van der Waals surface area contributed by atoms with Crippen LogP contribution in [-0.4, -0.2) is 121 Å². The van der Waals surface area contributed by atoms with E-state index in [1.165, 1.54) is 7.06 Å². The molecule has 0 aliphatic carbocycles. The van der Waals surface area contributed by atoms with Crippen LogP contribution in [0.2, 0.25) is 90.6 Å². The molecule has 0 heterocycles. The van der Waals surface area contributed by atoms with Crippen LogP contribution in [0.5, 0.6) is 0 Å². The van der Waals surface area contributed by atoms with Crippen LogP contribution in [0.25, 0.3) is 0 Å². The van der Waals surface area contributed by atoms with E-state index in [1.807, 2.05) is 0 Å². The maximum absolute atomic E-state index is 7.03. The predicted octanol–water partition coefficient (Wildman–Crippen LogP) is 2.36. The first kappa shape index (κ1) is 43.1. The molecule has 0 amide bonds. The molecule has 1 unspecified atom stereocenters. The molecule has 0 aliphatic heterocycles.